The van der Waals surface area contributed by atoms with Gasteiger partial charge < -0.3 is 0 Å². The molecule has 0 aromatic carbocycles. The zero-order valence-electron chi connectivity index (χ0n) is 18.3. The van der Waals surface area contributed by atoms with Crippen LogP contribution in [0.5, 0.6) is 0 Å². The Labute approximate surface area is 174 Å². The van der Waals surface area contributed by atoms with Gasteiger partial charge in [0.25, 0.3) is 0 Å². The fraction of sp³-hybridized carbons (Fsp3) is 0.714. The van der Waals surface area contributed by atoms with Gasteiger partial charge in [-0.05, 0) is 65.4 Å². The molecule has 0 radical (unpaired) electrons. The van der Waals surface area contributed by atoms with E-state index >= 15 is 0 Å². The van der Waals surface area contributed by atoms with E-state index in [0.29, 0.717) is 17.1 Å². The second-order valence-electron chi connectivity index (χ2n) is 8.88. The van der Waals surface area contributed by atoms with Gasteiger partial charge in [-0.2, -0.15) is 14.5 Å². The highest BCUT2D eigenvalue weighted by Crippen LogP contribution is 2.34. The summed E-state index contributed by atoms with van der Waals surface area (Å²) >= 11 is 0. The highest BCUT2D eigenvalue weighted by atomic mass is 32.2. The molecule has 0 saturated heterocycles. The molecule has 0 unspecified atom stereocenters. The van der Waals surface area contributed by atoms with Gasteiger partial charge in [-0.1, -0.05) is 12.8 Å². The number of nitrogens with zero attached hydrogens (tertiary/aromatic N) is 5. The van der Waals surface area contributed by atoms with E-state index in [1.165, 1.54) is 11.3 Å². The molecule has 8 heteroatoms. The van der Waals surface area contributed by atoms with Gasteiger partial charge in [0, 0.05) is 24.8 Å². The zero-order chi connectivity index (χ0) is 20.9. The molecule has 1 saturated carbocycles. The SMILES string of the molecule is Cc1nn(C(C)C)c(C)c1S(=O)(=O)N(Cc1nn(C)c2c1CCC2)C1CCCC1. The normalized spacial score (nSPS) is 17.8. The number of fused-ring (bicyclic) bond motifs is 1. The van der Waals surface area contributed by atoms with Gasteiger partial charge in [0.15, 0.2) is 0 Å². The Morgan fingerprint density at radius 2 is 1.79 bits per heavy atom. The first kappa shape index (κ1) is 20.6. The van der Waals surface area contributed by atoms with Crippen LogP contribution in [0.2, 0.25) is 0 Å². The second-order valence-corrected chi connectivity index (χ2v) is 10.7. The van der Waals surface area contributed by atoms with E-state index in [1.807, 2.05) is 44.1 Å². The monoisotopic (exact) mass is 419 g/mol. The maximum atomic E-state index is 13.9. The van der Waals surface area contributed by atoms with Crippen LogP contribution in [-0.2, 0) is 36.5 Å². The summed E-state index contributed by atoms with van der Waals surface area (Å²) in [6.45, 7) is 8.10. The molecule has 1 fully saturated rings. The zero-order valence-corrected chi connectivity index (χ0v) is 19.1. The van der Waals surface area contributed by atoms with E-state index in [9.17, 15) is 8.42 Å². The van der Waals surface area contributed by atoms with Crippen molar-refractivity contribution < 1.29 is 8.42 Å². The molecule has 0 aliphatic heterocycles. The minimum Gasteiger partial charge on any atom is -0.272 e. The molecule has 0 bridgehead atoms. The van der Waals surface area contributed by atoms with E-state index < -0.39 is 10.0 Å². The molecule has 2 aromatic heterocycles. The van der Waals surface area contributed by atoms with Crippen molar-refractivity contribution in [3.8, 4) is 0 Å². The fourth-order valence-electron chi connectivity index (χ4n) is 5.22. The average molecular weight is 420 g/mol. The summed E-state index contributed by atoms with van der Waals surface area (Å²) in [5.74, 6) is 0. The van der Waals surface area contributed by atoms with Crippen LogP contribution in [0, 0.1) is 13.8 Å². The first-order valence-electron chi connectivity index (χ1n) is 10.8. The predicted octanol–water partition coefficient (Wildman–Crippen LogP) is 3.44. The van der Waals surface area contributed by atoms with Gasteiger partial charge in [0.05, 0.1) is 23.6 Å². The highest BCUT2D eigenvalue weighted by molar-refractivity contribution is 7.89. The van der Waals surface area contributed by atoms with Gasteiger partial charge >= 0.3 is 0 Å². The topological polar surface area (TPSA) is 73.0 Å². The standard InChI is InChI=1S/C21H33N5O2S/c1-14(2)26-16(4)21(15(3)22-26)29(27,28)25(17-9-6-7-10-17)13-19-18-11-8-12-20(18)24(5)23-19/h14,17H,6-13H2,1-5H3. The molecule has 2 aromatic rings. The largest absolute Gasteiger partial charge is 0.272 e. The van der Waals surface area contributed by atoms with Crippen molar-refractivity contribution in [1.82, 2.24) is 23.9 Å². The number of aryl methyl sites for hydroxylation is 2. The first-order chi connectivity index (χ1) is 13.7. The van der Waals surface area contributed by atoms with Crippen LogP contribution in [-0.4, -0.2) is 38.3 Å². The lowest BCUT2D eigenvalue weighted by Gasteiger charge is -2.28. The molecule has 2 heterocycles. The summed E-state index contributed by atoms with van der Waals surface area (Å²) < 4.78 is 33.4. The van der Waals surface area contributed by atoms with Crippen molar-refractivity contribution in [3.05, 3.63) is 28.3 Å². The van der Waals surface area contributed by atoms with Crippen LogP contribution in [0.1, 0.15) is 80.3 Å². The van der Waals surface area contributed by atoms with Crippen LogP contribution >= 0.6 is 0 Å². The third-order valence-corrected chi connectivity index (χ3v) is 8.70. The third kappa shape index (κ3) is 3.44. The second kappa shape index (κ2) is 7.54. The molecule has 29 heavy (non-hydrogen) atoms. The smallest absolute Gasteiger partial charge is 0.247 e. The third-order valence-electron chi connectivity index (χ3n) is 6.55. The molecule has 2 aliphatic rings. The average Bonchev–Trinajstić information content (AvgIpc) is 3.40. The van der Waals surface area contributed by atoms with Crippen molar-refractivity contribution in [2.24, 2.45) is 7.05 Å². The minimum absolute atomic E-state index is 0.0419. The van der Waals surface area contributed by atoms with Crippen molar-refractivity contribution in [3.63, 3.8) is 0 Å². The highest BCUT2D eigenvalue weighted by Gasteiger charge is 2.38. The van der Waals surface area contributed by atoms with Crippen LogP contribution < -0.4 is 0 Å². The van der Waals surface area contributed by atoms with Crippen LogP contribution in [0.15, 0.2) is 4.90 Å². The summed E-state index contributed by atoms with van der Waals surface area (Å²) in [6.07, 6.45) is 7.17. The summed E-state index contributed by atoms with van der Waals surface area (Å²) in [4.78, 5) is 0.380. The lowest BCUT2D eigenvalue weighted by atomic mass is 10.2. The molecule has 0 N–H and O–H groups in total. The molecule has 160 valence electrons. The minimum atomic E-state index is -3.66. The lowest BCUT2D eigenvalue weighted by molar-refractivity contribution is 0.311. The first-order valence-corrected chi connectivity index (χ1v) is 12.3. The number of sulfonamides is 1. The molecule has 0 spiro atoms. The summed E-state index contributed by atoms with van der Waals surface area (Å²) in [5, 5.41) is 9.26. The van der Waals surface area contributed by atoms with Crippen molar-refractivity contribution in [2.75, 3.05) is 0 Å². The molecule has 0 atom stereocenters. The van der Waals surface area contributed by atoms with Gasteiger partial charge in [-0.25, -0.2) is 8.42 Å². The lowest BCUT2D eigenvalue weighted by Crippen LogP contribution is -2.39. The molecule has 0 amide bonds. The van der Waals surface area contributed by atoms with Crippen molar-refractivity contribution in [1.29, 1.82) is 0 Å². The number of hydrogen-bond donors (Lipinski definition) is 0. The number of rotatable bonds is 6. The van der Waals surface area contributed by atoms with Crippen LogP contribution in [0.4, 0.5) is 0 Å². The maximum Gasteiger partial charge on any atom is 0.247 e. The van der Waals surface area contributed by atoms with E-state index in [4.69, 9.17) is 5.10 Å². The summed E-state index contributed by atoms with van der Waals surface area (Å²) in [5.41, 5.74) is 4.78. The van der Waals surface area contributed by atoms with Crippen LogP contribution in [0.25, 0.3) is 0 Å². The number of aromatic nitrogens is 4. The summed E-state index contributed by atoms with van der Waals surface area (Å²) in [7, 11) is -1.69. The van der Waals surface area contributed by atoms with Gasteiger partial charge in [0.2, 0.25) is 10.0 Å². The summed E-state index contributed by atoms with van der Waals surface area (Å²) in [6, 6.07) is 0.164. The van der Waals surface area contributed by atoms with Crippen LogP contribution in [0.3, 0.4) is 0 Å². The van der Waals surface area contributed by atoms with Crippen molar-refractivity contribution >= 4 is 10.0 Å². The molecular weight excluding hydrogens is 386 g/mol. The fourth-order valence-corrected chi connectivity index (χ4v) is 7.23. The predicted molar refractivity (Wildman–Crippen MR) is 112 cm³/mol. The molecular formula is C21H33N5O2S. The molecule has 4 rings (SSSR count). The maximum absolute atomic E-state index is 13.9. The van der Waals surface area contributed by atoms with E-state index in [1.54, 1.807) is 4.31 Å². The van der Waals surface area contributed by atoms with E-state index in [2.05, 4.69) is 5.10 Å². The van der Waals surface area contributed by atoms with Crippen molar-refractivity contribution in [2.45, 2.75) is 96.2 Å². The Morgan fingerprint density at radius 1 is 1.10 bits per heavy atom. The van der Waals surface area contributed by atoms with E-state index in [0.717, 1.165) is 56.3 Å². The molecule has 7 nitrogen and oxygen atoms in total. The molecule has 2 aliphatic carbocycles. The Kier molecular flexibility index (Phi) is 5.36. The quantitative estimate of drug-likeness (QED) is 0.719. The van der Waals surface area contributed by atoms with Gasteiger partial charge in [-0.15, -0.1) is 0 Å². The Hall–Kier alpha value is -1.67. The number of hydrogen-bond acceptors (Lipinski definition) is 4. The van der Waals surface area contributed by atoms with Gasteiger partial charge in [-0.3, -0.25) is 9.36 Å². The Bertz CT molecular complexity index is 1010. The Morgan fingerprint density at radius 3 is 2.41 bits per heavy atom. The Balaban J connectivity index is 1.77. The van der Waals surface area contributed by atoms with Gasteiger partial charge in [0.1, 0.15) is 4.90 Å². The van der Waals surface area contributed by atoms with E-state index in [-0.39, 0.29) is 12.1 Å².